The second-order valence-corrected chi connectivity index (χ2v) is 5.78. The Morgan fingerprint density at radius 2 is 1.89 bits per heavy atom. The second-order valence-electron chi connectivity index (χ2n) is 4.05. The zero-order valence-electron chi connectivity index (χ0n) is 11.5. The molecule has 6 heteroatoms. The summed E-state index contributed by atoms with van der Waals surface area (Å²) >= 11 is 0. The van der Waals surface area contributed by atoms with Gasteiger partial charge in [0.25, 0.3) is 0 Å². The summed E-state index contributed by atoms with van der Waals surface area (Å²) in [6.45, 7) is 6.34. The van der Waals surface area contributed by atoms with E-state index in [0.29, 0.717) is 25.4 Å². The Labute approximate surface area is 115 Å². The molecule has 1 aromatic carbocycles. The molecule has 0 unspecified atom stereocenters. The molecule has 0 spiro atoms. The molecular weight excluding hydrogens is 264 g/mol. The average molecular weight is 286 g/mol. The first-order valence-electron chi connectivity index (χ1n) is 6.54. The summed E-state index contributed by atoms with van der Waals surface area (Å²) in [4.78, 5) is 0.194. The highest BCUT2D eigenvalue weighted by atomic mass is 32.2. The van der Waals surface area contributed by atoms with Gasteiger partial charge >= 0.3 is 0 Å². The molecule has 0 saturated carbocycles. The van der Waals surface area contributed by atoms with Crippen LogP contribution >= 0.6 is 0 Å². The van der Waals surface area contributed by atoms with E-state index in [1.807, 2.05) is 13.8 Å². The monoisotopic (exact) mass is 286 g/mol. The van der Waals surface area contributed by atoms with E-state index < -0.39 is 10.0 Å². The molecule has 0 aliphatic rings. The zero-order valence-corrected chi connectivity index (χ0v) is 12.3. The molecule has 0 fully saturated rings. The third-order valence-electron chi connectivity index (χ3n) is 2.47. The Morgan fingerprint density at radius 1 is 1.16 bits per heavy atom. The minimum Gasteiger partial charge on any atom is -0.491 e. The van der Waals surface area contributed by atoms with Crippen molar-refractivity contribution in [2.24, 2.45) is 0 Å². The van der Waals surface area contributed by atoms with Crippen LogP contribution in [0, 0.1) is 0 Å². The molecule has 0 radical (unpaired) electrons. The van der Waals surface area contributed by atoms with Gasteiger partial charge in [-0.05, 0) is 25.1 Å². The quantitative estimate of drug-likeness (QED) is 0.673. The van der Waals surface area contributed by atoms with Crippen LogP contribution in [0.4, 0.5) is 0 Å². The Kier molecular flexibility index (Phi) is 6.83. The van der Waals surface area contributed by atoms with Crippen LogP contribution in [0.2, 0.25) is 0 Å². The summed E-state index contributed by atoms with van der Waals surface area (Å²) in [6, 6.07) is 6.69. The van der Waals surface area contributed by atoms with Crippen LogP contribution in [-0.2, 0) is 10.0 Å². The van der Waals surface area contributed by atoms with Gasteiger partial charge in [-0.25, -0.2) is 13.1 Å². The van der Waals surface area contributed by atoms with E-state index in [1.54, 1.807) is 24.3 Å². The van der Waals surface area contributed by atoms with Gasteiger partial charge in [-0.3, -0.25) is 0 Å². The maximum Gasteiger partial charge on any atom is 0.244 e. The highest BCUT2D eigenvalue weighted by Crippen LogP contribution is 2.22. The number of nitrogens with one attached hydrogen (secondary N) is 2. The Morgan fingerprint density at radius 3 is 2.58 bits per heavy atom. The molecule has 0 heterocycles. The SMILES string of the molecule is CCCNS(=O)(=O)c1ccccc1OCCNCC. The topological polar surface area (TPSA) is 67.4 Å². The van der Waals surface area contributed by atoms with E-state index in [1.165, 1.54) is 0 Å². The van der Waals surface area contributed by atoms with E-state index >= 15 is 0 Å². The van der Waals surface area contributed by atoms with E-state index in [0.717, 1.165) is 13.0 Å². The number of hydrogen-bond acceptors (Lipinski definition) is 4. The van der Waals surface area contributed by atoms with Gasteiger partial charge in [0, 0.05) is 13.1 Å². The normalized spacial score (nSPS) is 11.5. The minimum atomic E-state index is -3.49. The molecule has 0 bridgehead atoms. The summed E-state index contributed by atoms with van der Waals surface area (Å²) in [5, 5.41) is 3.12. The van der Waals surface area contributed by atoms with E-state index in [2.05, 4.69) is 10.0 Å². The Bertz CT molecular complexity index is 475. The third-order valence-corrected chi connectivity index (χ3v) is 3.97. The molecule has 0 amide bonds. The predicted octanol–water partition coefficient (Wildman–Crippen LogP) is 1.36. The smallest absolute Gasteiger partial charge is 0.244 e. The molecule has 0 aromatic heterocycles. The molecule has 19 heavy (non-hydrogen) atoms. The zero-order chi connectivity index (χ0) is 14.1. The number of ether oxygens (including phenoxy) is 1. The van der Waals surface area contributed by atoms with Crippen molar-refractivity contribution < 1.29 is 13.2 Å². The summed E-state index contributed by atoms with van der Waals surface area (Å²) in [7, 11) is -3.49. The van der Waals surface area contributed by atoms with Crippen molar-refractivity contribution in [3.63, 3.8) is 0 Å². The fourth-order valence-electron chi connectivity index (χ4n) is 1.52. The van der Waals surface area contributed by atoms with E-state index in [-0.39, 0.29) is 4.90 Å². The van der Waals surface area contributed by atoms with Crippen molar-refractivity contribution in [3.05, 3.63) is 24.3 Å². The third kappa shape index (κ3) is 5.18. The number of sulfonamides is 1. The Balaban J connectivity index is 2.77. The summed E-state index contributed by atoms with van der Waals surface area (Å²) in [6.07, 6.45) is 0.753. The molecule has 108 valence electrons. The highest BCUT2D eigenvalue weighted by Gasteiger charge is 2.18. The number of hydrogen-bond donors (Lipinski definition) is 2. The Hall–Kier alpha value is -1.11. The van der Waals surface area contributed by atoms with Gasteiger partial charge in [-0.1, -0.05) is 26.0 Å². The van der Waals surface area contributed by atoms with Crippen LogP contribution < -0.4 is 14.8 Å². The van der Waals surface area contributed by atoms with Crippen LogP contribution in [0.15, 0.2) is 29.2 Å². The molecule has 0 aliphatic carbocycles. The van der Waals surface area contributed by atoms with Crippen molar-refractivity contribution >= 4 is 10.0 Å². The number of likely N-dealkylation sites (N-methyl/N-ethyl adjacent to an activating group) is 1. The van der Waals surface area contributed by atoms with Crippen LogP contribution in [0.25, 0.3) is 0 Å². The van der Waals surface area contributed by atoms with Gasteiger partial charge in [0.05, 0.1) is 0 Å². The predicted molar refractivity (Wildman–Crippen MR) is 76.0 cm³/mol. The standard InChI is InChI=1S/C13H22N2O3S/c1-3-9-15-19(16,17)13-8-6-5-7-12(13)18-11-10-14-4-2/h5-8,14-15H,3-4,9-11H2,1-2H3. The summed E-state index contributed by atoms with van der Waals surface area (Å²) in [5.74, 6) is 0.393. The second kappa shape index (κ2) is 8.14. The lowest BCUT2D eigenvalue weighted by atomic mass is 10.3. The lowest BCUT2D eigenvalue weighted by Crippen LogP contribution is -2.25. The van der Waals surface area contributed by atoms with Gasteiger partial charge < -0.3 is 10.1 Å². The lowest BCUT2D eigenvalue weighted by molar-refractivity contribution is 0.307. The van der Waals surface area contributed by atoms with Crippen LogP contribution in [-0.4, -0.2) is 34.7 Å². The van der Waals surface area contributed by atoms with Gasteiger partial charge in [-0.2, -0.15) is 0 Å². The first-order valence-corrected chi connectivity index (χ1v) is 8.02. The van der Waals surface area contributed by atoms with Crippen LogP contribution in [0.5, 0.6) is 5.75 Å². The number of para-hydroxylation sites is 1. The molecule has 2 N–H and O–H groups in total. The molecule has 0 aliphatic heterocycles. The molecule has 5 nitrogen and oxygen atoms in total. The van der Waals surface area contributed by atoms with Crippen molar-refractivity contribution in [1.29, 1.82) is 0 Å². The van der Waals surface area contributed by atoms with Crippen molar-refractivity contribution in [2.75, 3.05) is 26.2 Å². The average Bonchev–Trinajstić information content (AvgIpc) is 2.42. The number of benzene rings is 1. The number of rotatable bonds is 9. The summed E-state index contributed by atoms with van der Waals surface area (Å²) in [5.41, 5.74) is 0. The maximum absolute atomic E-state index is 12.1. The van der Waals surface area contributed by atoms with Crippen molar-refractivity contribution in [2.45, 2.75) is 25.2 Å². The molecule has 0 atom stereocenters. The van der Waals surface area contributed by atoms with E-state index in [9.17, 15) is 8.42 Å². The highest BCUT2D eigenvalue weighted by molar-refractivity contribution is 7.89. The van der Waals surface area contributed by atoms with Gasteiger partial charge in [0.2, 0.25) is 10.0 Å². The molecular formula is C13H22N2O3S. The van der Waals surface area contributed by atoms with Gasteiger partial charge in [0.15, 0.2) is 0 Å². The van der Waals surface area contributed by atoms with Gasteiger partial charge in [-0.15, -0.1) is 0 Å². The molecule has 0 saturated heterocycles. The first-order chi connectivity index (χ1) is 9.11. The first kappa shape index (κ1) is 15.9. The minimum absolute atomic E-state index is 0.194. The molecule has 1 rings (SSSR count). The van der Waals surface area contributed by atoms with Crippen molar-refractivity contribution in [1.82, 2.24) is 10.0 Å². The largest absolute Gasteiger partial charge is 0.491 e. The van der Waals surface area contributed by atoms with Crippen LogP contribution in [0.1, 0.15) is 20.3 Å². The van der Waals surface area contributed by atoms with Crippen LogP contribution in [0.3, 0.4) is 0 Å². The summed E-state index contributed by atoms with van der Waals surface area (Å²) < 4.78 is 32.3. The van der Waals surface area contributed by atoms with Crippen molar-refractivity contribution in [3.8, 4) is 5.75 Å². The fourth-order valence-corrected chi connectivity index (χ4v) is 2.79. The van der Waals surface area contributed by atoms with Gasteiger partial charge in [0.1, 0.15) is 17.3 Å². The maximum atomic E-state index is 12.1. The fraction of sp³-hybridized carbons (Fsp3) is 0.538. The van der Waals surface area contributed by atoms with E-state index in [4.69, 9.17) is 4.74 Å². The molecule has 1 aromatic rings. The lowest BCUT2D eigenvalue weighted by Gasteiger charge is -2.12.